The molecule has 5 heteroatoms. The number of ether oxygens (including phenoxy) is 1. The molecule has 0 aliphatic carbocycles. The van der Waals surface area contributed by atoms with Crippen molar-refractivity contribution >= 4 is 35.2 Å². The second kappa shape index (κ2) is 6.67. The van der Waals surface area contributed by atoms with Crippen LogP contribution in [0.3, 0.4) is 0 Å². The van der Waals surface area contributed by atoms with Crippen LogP contribution in [-0.4, -0.2) is 25.0 Å². The van der Waals surface area contributed by atoms with Gasteiger partial charge in [-0.2, -0.15) is 0 Å². The van der Waals surface area contributed by atoms with Gasteiger partial charge in [-0.1, -0.05) is 41.9 Å². The summed E-state index contributed by atoms with van der Waals surface area (Å²) in [5, 5.41) is 0.652. The van der Waals surface area contributed by atoms with Crippen molar-refractivity contribution in [2.75, 3.05) is 18.1 Å². The van der Waals surface area contributed by atoms with Gasteiger partial charge in [-0.25, -0.2) is 4.79 Å². The Bertz CT molecular complexity index is 768. The summed E-state index contributed by atoms with van der Waals surface area (Å²) in [4.78, 5) is 25.4. The molecule has 0 unspecified atom stereocenters. The maximum atomic E-state index is 12.3. The van der Waals surface area contributed by atoms with E-state index in [1.165, 1.54) is 11.0 Å². The van der Waals surface area contributed by atoms with Gasteiger partial charge in [0, 0.05) is 16.3 Å². The number of carbonyl (C=O) groups is 2. The number of carbonyl (C=O) groups excluding carboxylic acids is 2. The lowest BCUT2D eigenvalue weighted by molar-refractivity contribution is 0.104. The first-order valence-corrected chi connectivity index (χ1v) is 7.53. The van der Waals surface area contributed by atoms with Crippen LogP contribution >= 0.6 is 11.6 Å². The van der Waals surface area contributed by atoms with Gasteiger partial charge < -0.3 is 4.74 Å². The summed E-state index contributed by atoms with van der Waals surface area (Å²) in [5.74, 6) is -0.130. The van der Waals surface area contributed by atoms with Gasteiger partial charge in [0.1, 0.15) is 6.61 Å². The summed E-state index contributed by atoms with van der Waals surface area (Å²) in [7, 11) is 0. The summed E-state index contributed by atoms with van der Waals surface area (Å²) >= 11 is 5.83. The molecular formula is C18H14ClNO3. The van der Waals surface area contributed by atoms with Gasteiger partial charge >= 0.3 is 6.09 Å². The maximum Gasteiger partial charge on any atom is 0.414 e. The Labute approximate surface area is 138 Å². The molecule has 0 saturated carbocycles. The average molecular weight is 328 g/mol. The van der Waals surface area contributed by atoms with E-state index in [4.69, 9.17) is 16.3 Å². The molecule has 1 heterocycles. The van der Waals surface area contributed by atoms with Gasteiger partial charge in [0.25, 0.3) is 0 Å². The fourth-order valence-electron chi connectivity index (χ4n) is 2.30. The van der Waals surface area contributed by atoms with Gasteiger partial charge in [0.2, 0.25) is 0 Å². The van der Waals surface area contributed by atoms with E-state index in [-0.39, 0.29) is 11.9 Å². The summed E-state index contributed by atoms with van der Waals surface area (Å²) in [5.41, 5.74) is 2.08. The van der Waals surface area contributed by atoms with Crippen LogP contribution in [0.2, 0.25) is 5.02 Å². The lowest BCUT2D eigenvalue weighted by Crippen LogP contribution is -2.23. The van der Waals surface area contributed by atoms with Crippen molar-refractivity contribution in [1.29, 1.82) is 0 Å². The Morgan fingerprint density at radius 2 is 1.96 bits per heavy atom. The predicted molar refractivity (Wildman–Crippen MR) is 90.0 cm³/mol. The Morgan fingerprint density at radius 1 is 1.17 bits per heavy atom. The van der Waals surface area contributed by atoms with Crippen molar-refractivity contribution in [2.45, 2.75) is 0 Å². The number of benzene rings is 2. The monoisotopic (exact) mass is 327 g/mol. The molecule has 0 spiro atoms. The van der Waals surface area contributed by atoms with Gasteiger partial charge in [-0.05, 0) is 35.9 Å². The molecule has 1 fully saturated rings. The number of nitrogens with zero attached hydrogens (tertiary/aromatic N) is 1. The number of allylic oxidation sites excluding steroid dienone is 1. The van der Waals surface area contributed by atoms with E-state index in [0.29, 0.717) is 29.4 Å². The minimum atomic E-state index is -0.383. The molecule has 1 saturated heterocycles. The lowest BCUT2D eigenvalue weighted by Gasteiger charge is -2.13. The van der Waals surface area contributed by atoms with E-state index >= 15 is 0 Å². The first-order chi connectivity index (χ1) is 11.1. The highest BCUT2D eigenvalue weighted by Gasteiger charge is 2.23. The van der Waals surface area contributed by atoms with E-state index < -0.39 is 0 Å². The highest BCUT2D eigenvalue weighted by Crippen LogP contribution is 2.20. The number of ketones is 1. The van der Waals surface area contributed by atoms with Crippen molar-refractivity contribution in [3.8, 4) is 0 Å². The summed E-state index contributed by atoms with van der Waals surface area (Å²) in [6.07, 6.45) is 2.85. The quantitative estimate of drug-likeness (QED) is 0.624. The topological polar surface area (TPSA) is 46.6 Å². The third-order valence-corrected chi connectivity index (χ3v) is 3.75. The van der Waals surface area contributed by atoms with E-state index in [2.05, 4.69) is 0 Å². The third kappa shape index (κ3) is 3.60. The molecule has 0 aromatic heterocycles. The molecule has 0 bridgehead atoms. The minimum absolute atomic E-state index is 0.130. The van der Waals surface area contributed by atoms with Gasteiger partial charge in [-0.15, -0.1) is 0 Å². The Balaban J connectivity index is 1.77. The Morgan fingerprint density at radius 3 is 2.65 bits per heavy atom. The molecular weight excluding hydrogens is 314 g/mol. The second-order valence-corrected chi connectivity index (χ2v) is 5.50. The number of halogens is 1. The van der Waals surface area contributed by atoms with Crippen molar-refractivity contribution in [2.24, 2.45) is 0 Å². The van der Waals surface area contributed by atoms with Crippen LogP contribution in [0.5, 0.6) is 0 Å². The van der Waals surface area contributed by atoms with Gasteiger partial charge in [-0.3, -0.25) is 9.69 Å². The Hall–Kier alpha value is -2.59. The van der Waals surface area contributed by atoms with Gasteiger partial charge in [0.15, 0.2) is 5.78 Å². The molecule has 1 aliphatic rings. The molecule has 2 aromatic carbocycles. The number of hydrogen-bond donors (Lipinski definition) is 0. The fourth-order valence-corrected chi connectivity index (χ4v) is 2.42. The first-order valence-electron chi connectivity index (χ1n) is 7.16. The van der Waals surface area contributed by atoms with Crippen LogP contribution in [-0.2, 0) is 4.74 Å². The summed E-state index contributed by atoms with van der Waals surface area (Å²) in [6, 6.07) is 14.2. The summed E-state index contributed by atoms with van der Waals surface area (Å²) < 4.78 is 4.91. The van der Waals surface area contributed by atoms with Crippen molar-refractivity contribution in [3.05, 3.63) is 70.8 Å². The molecule has 3 rings (SSSR count). The van der Waals surface area contributed by atoms with Crippen LogP contribution in [0.1, 0.15) is 15.9 Å². The second-order valence-electron chi connectivity index (χ2n) is 5.07. The lowest BCUT2D eigenvalue weighted by atomic mass is 10.1. The Kier molecular flexibility index (Phi) is 4.44. The summed E-state index contributed by atoms with van der Waals surface area (Å²) in [6.45, 7) is 0.866. The molecule has 4 nitrogen and oxygen atoms in total. The number of cyclic esters (lactones) is 1. The fraction of sp³-hybridized carbons (Fsp3) is 0.111. The van der Waals surface area contributed by atoms with E-state index in [0.717, 1.165) is 5.56 Å². The molecule has 1 amide bonds. The van der Waals surface area contributed by atoms with Crippen LogP contribution in [0.15, 0.2) is 54.6 Å². The van der Waals surface area contributed by atoms with Crippen LogP contribution < -0.4 is 4.90 Å². The molecule has 1 aliphatic heterocycles. The van der Waals surface area contributed by atoms with E-state index in [1.54, 1.807) is 42.5 Å². The zero-order chi connectivity index (χ0) is 16.2. The van der Waals surface area contributed by atoms with Crippen molar-refractivity contribution in [3.63, 3.8) is 0 Å². The minimum Gasteiger partial charge on any atom is -0.447 e. The first kappa shape index (κ1) is 15.3. The predicted octanol–water partition coefficient (Wildman–Crippen LogP) is 4.19. The SMILES string of the molecule is O=C(C=Cc1ccc(Cl)cc1)c1cccc(N2CCOC2=O)c1. The van der Waals surface area contributed by atoms with Crippen LogP contribution in [0.25, 0.3) is 6.08 Å². The van der Waals surface area contributed by atoms with E-state index in [9.17, 15) is 9.59 Å². The number of amides is 1. The molecule has 0 radical (unpaired) electrons. The maximum absolute atomic E-state index is 12.3. The molecule has 116 valence electrons. The van der Waals surface area contributed by atoms with Gasteiger partial charge in [0.05, 0.1) is 6.54 Å². The van der Waals surface area contributed by atoms with Crippen molar-refractivity contribution < 1.29 is 14.3 Å². The van der Waals surface area contributed by atoms with E-state index in [1.807, 2.05) is 12.1 Å². The number of rotatable bonds is 4. The highest BCUT2D eigenvalue weighted by molar-refractivity contribution is 6.30. The molecule has 0 N–H and O–H groups in total. The largest absolute Gasteiger partial charge is 0.447 e. The highest BCUT2D eigenvalue weighted by atomic mass is 35.5. The van der Waals surface area contributed by atoms with Crippen molar-refractivity contribution in [1.82, 2.24) is 0 Å². The standard InChI is InChI=1S/C18H14ClNO3/c19-15-7-4-13(5-8-15)6-9-17(21)14-2-1-3-16(12-14)20-10-11-23-18(20)22/h1-9,12H,10-11H2. The zero-order valence-electron chi connectivity index (χ0n) is 12.2. The van der Waals surface area contributed by atoms with Crippen LogP contribution in [0.4, 0.5) is 10.5 Å². The average Bonchev–Trinajstić information content (AvgIpc) is 3.00. The number of anilines is 1. The normalized spacial score (nSPS) is 14.3. The molecule has 0 atom stereocenters. The zero-order valence-corrected chi connectivity index (χ0v) is 13.0. The smallest absolute Gasteiger partial charge is 0.414 e. The number of hydrogen-bond acceptors (Lipinski definition) is 3. The van der Waals surface area contributed by atoms with Crippen LogP contribution in [0, 0.1) is 0 Å². The molecule has 23 heavy (non-hydrogen) atoms. The third-order valence-electron chi connectivity index (χ3n) is 3.50. The molecule has 2 aromatic rings.